The summed E-state index contributed by atoms with van der Waals surface area (Å²) in [6.07, 6.45) is 49.6. The van der Waals surface area contributed by atoms with Gasteiger partial charge in [0.2, 0.25) is 0 Å². The number of carbonyl (C=O) groups excluding carboxylic acids is 3. The molecule has 0 saturated heterocycles. The summed E-state index contributed by atoms with van der Waals surface area (Å²) in [7, 11) is 0. The second-order valence-electron chi connectivity index (χ2n) is 19.8. The molecule has 0 amide bonds. The molecule has 0 aliphatic heterocycles. The number of unbranched alkanes of at least 4 members (excludes halogenated alkanes) is 34. The van der Waals surface area contributed by atoms with E-state index in [9.17, 15) is 14.4 Å². The molecule has 0 aromatic carbocycles. The van der Waals surface area contributed by atoms with Crippen LogP contribution in [0.2, 0.25) is 0 Å². The molecule has 0 bridgehead atoms. The van der Waals surface area contributed by atoms with Crippen LogP contribution in [0.4, 0.5) is 0 Å². The van der Waals surface area contributed by atoms with Crippen molar-refractivity contribution in [3.05, 3.63) is 0 Å². The summed E-state index contributed by atoms with van der Waals surface area (Å²) in [6.45, 7) is 11.4. The molecule has 61 heavy (non-hydrogen) atoms. The van der Waals surface area contributed by atoms with Crippen LogP contribution in [0, 0.1) is 11.8 Å². The molecule has 6 heteroatoms. The van der Waals surface area contributed by atoms with Gasteiger partial charge in [-0.05, 0) is 31.1 Å². The molecule has 0 N–H and O–H groups in total. The van der Waals surface area contributed by atoms with Crippen molar-refractivity contribution in [1.29, 1.82) is 0 Å². The van der Waals surface area contributed by atoms with Crippen molar-refractivity contribution in [2.75, 3.05) is 13.2 Å². The summed E-state index contributed by atoms with van der Waals surface area (Å²) in [6, 6.07) is 0. The highest BCUT2D eigenvalue weighted by atomic mass is 16.6. The zero-order valence-corrected chi connectivity index (χ0v) is 41.8. The van der Waals surface area contributed by atoms with Crippen LogP contribution in [0.1, 0.15) is 304 Å². The Morgan fingerprint density at radius 1 is 0.311 bits per heavy atom. The minimum absolute atomic E-state index is 0.0637. The molecule has 0 aliphatic rings. The van der Waals surface area contributed by atoms with E-state index in [-0.39, 0.29) is 31.1 Å². The highest BCUT2D eigenvalue weighted by Gasteiger charge is 2.19. The van der Waals surface area contributed by atoms with E-state index in [4.69, 9.17) is 14.2 Å². The topological polar surface area (TPSA) is 78.9 Å². The zero-order valence-electron chi connectivity index (χ0n) is 41.8. The summed E-state index contributed by atoms with van der Waals surface area (Å²) in [5.74, 6) is 0.786. The van der Waals surface area contributed by atoms with Crippen molar-refractivity contribution in [1.82, 2.24) is 0 Å². The fourth-order valence-corrected chi connectivity index (χ4v) is 8.34. The minimum atomic E-state index is -0.762. The zero-order chi connectivity index (χ0) is 44.7. The molecule has 0 fully saturated rings. The van der Waals surface area contributed by atoms with Crippen molar-refractivity contribution < 1.29 is 28.6 Å². The van der Waals surface area contributed by atoms with E-state index in [1.807, 2.05) is 0 Å². The van der Waals surface area contributed by atoms with E-state index in [1.165, 1.54) is 193 Å². The monoisotopic (exact) mass is 863 g/mol. The van der Waals surface area contributed by atoms with Crippen LogP contribution < -0.4 is 0 Å². The Morgan fingerprint density at radius 3 is 0.803 bits per heavy atom. The lowest BCUT2D eigenvalue weighted by Gasteiger charge is -2.18. The lowest BCUT2D eigenvalue weighted by atomic mass is 10.0. The third kappa shape index (κ3) is 49.3. The standard InChI is InChI=1S/C55H106O6/c1-6-7-8-9-10-11-12-13-19-22-25-30-35-40-45-53(56)59-48-52(49-60-54(57)46-41-36-32-27-29-34-39-44-51(4)5)61-55(58)47-42-37-31-26-23-20-17-15-14-16-18-21-24-28-33-38-43-50(2)3/h50-52H,6-49H2,1-5H3/t52-/m1/s1. The maximum absolute atomic E-state index is 12.8. The van der Waals surface area contributed by atoms with Gasteiger partial charge in [-0.3, -0.25) is 14.4 Å². The third-order valence-electron chi connectivity index (χ3n) is 12.5. The molecular weight excluding hydrogens is 757 g/mol. The highest BCUT2D eigenvalue weighted by molar-refractivity contribution is 5.71. The van der Waals surface area contributed by atoms with Gasteiger partial charge in [0.15, 0.2) is 6.10 Å². The van der Waals surface area contributed by atoms with Gasteiger partial charge in [-0.25, -0.2) is 0 Å². The van der Waals surface area contributed by atoms with Crippen molar-refractivity contribution in [3.63, 3.8) is 0 Å². The third-order valence-corrected chi connectivity index (χ3v) is 12.5. The van der Waals surface area contributed by atoms with Gasteiger partial charge in [0.1, 0.15) is 13.2 Å². The Labute approximate surface area is 380 Å². The Balaban J connectivity index is 4.25. The maximum Gasteiger partial charge on any atom is 0.306 e. The first kappa shape index (κ1) is 59.4. The number of hydrogen-bond acceptors (Lipinski definition) is 6. The first-order chi connectivity index (χ1) is 29.7. The van der Waals surface area contributed by atoms with E-state index in [2.05, 4.69) is 34.6 Å². The predicted molar refractivity (Wildman–Crippen MR) is 261 cm³/mol. The van der Waals surface area contributed by atoms with Crippen molar-refractivity contribution in [3.8, 4) is 0 Å². The summed E-state index contributed by atoms with van der Waals surface area (Å²) in [5.41, 5.74) is 0. The van der Waals surface area contributed by atoms with Crippen LogP contribution in [0.15, 0.2) is 0 Å². The smallest absolute Gasteiger partial charge is 0.306 e. The summed E-state index contributed by atoms with van der Waals surface area (Å²) in [5, 5.41) is 0. The Kier molecular flexibility index (Phi) is 46.6. The van der Waals surface area contributed by atoms with Crippen LogP contribution in [-0.4, -0.2) is 37.2 Å². The predicted octanol–water partition coefficient (Wildman–Crippen LogP) is 17.7. The quantitative estimate of drug-likeness (QED) is 0.0344. The van der Waals surface area contributed by atoms with Gasteiger partial charge < -0.3 is 14.2 Å². The van der Waals surface area contributed by atoms with Crippen LogP contribution in [0.5, 0.6) is 0 Å². The van der Waals surface area contributed by atoms with Crippen molar-refractivity contribution in [2.24, 2.45) is 11.8 Å². The number of rotatable bonds is 49. The van der Waals surface area contributed by atoms with E-state index >= 15 is 0 Å². The van der Waals surface area contributed by atoms with Crippen LogP contribution in [0.25, 0.3) is 0 Å². The Bertz CT molecular complexity index is 931. The molecule has 0 saturated carbocycles. The molecule has 0 spiro atoms. The number of ether oxygens (including phenoxy) is 3. The van der Waals surface area contributed by atoms with E-state index < -0.39 is 6.10 Å². The maximum atomic E-state index is 12.8. The molecule has 0 rings (SSSR count). The first-order valence-electron chi connectivity index (χ1n) is 27.2. The molecule has 1 atom stereocenters. The average molecular weight is 863 g/mol. The lowest BCUT2D eigenvalue weighted by Crippen LogP contribution is -2.30. The van der Waals surface area contributed by atoms with Crippen LogP contribution in [0.3, 0.4) is 0 Å². The van der Waals surface area contributed by atoms with Gasteiger partial charge in [-0.1, -0.05) is 266 Å². The lowest BCUT2D eigenvalue weighted by molar-refractivity contribution is -0.167. The van der Waals surface area contributed by atoms with Crippen LogP contribution >= 0.6 is 0 Å². The number of esters is 3. The molecule has 0 aromatic heterocycles. The van der Waals surface area contributed by atoms with E-state index in [0.29, 0.717) is 19.3 Å². The molecule has 0 radical (unpaired) electrons. The molecule has 0 aliphatic carbocycles. The SMILES string of the molecule is CCCCCCCCCCCCCCCCC(=O)OC[C@H](COC(=O)CCCCCCCCCC(C)C)OC(=O)CCCCCCCCCCCCCCCCCCC(C)C. The van der Waals surface area contributed by atoms with Gasteiger partial charge in [0.05, 0.1) is 0 Å². The average Bonchev–Trinajstić information content (AvgIpc) is 3.23. The molecule has 362 valence electrons. The Morgan fingerprint density at radius 2 is 0.541 bits per heavy atom. The normalized spacial score (nSPS) is 12.0. The second-order valence-corrected chi connectivity index (χ2v) is 19.8. The summed E-state index contributed by atoms with van der Waals surface area (Å²) < 4.78 is 16.8. The van der Waals surface area contributed by atoms with Crippen molar-refractivity contribution >= 4 is 17.9 Å². The van der Waals surface area contributed by atoms with Crippen molar-refractivity contribution in [2.45, 2.75) is 310 Å². The summed E-state index contributed by atoms with van der Waals surface area (Å²) in [4.78, 5) is 38.0. The molecule has 0 unspecified atom stereocenters. The highest BCUT2D eigenvalue weighted by Crippen LogP contribution is 2.18. The Hall–Kier alpha value is -1.59. The van der Waals surface area contributed by atoms with Gasteiger partial charge in [0.25, 0.3) is 0 Å². The van der Waals surface area contributed by atoms with Gasteiger partial charge in [-0.2, -0.15) is 0 Å². The minimum Gasteiger partial charge on any atom is -0.462 e. The van der Waals surface area contributed by atoms with Crippen LogP contribution in [-0.2, 0) is 28.6 Å². The number of carbonyl (C=O) groups is 3. The number of hydrogen-bond donors (Lipinski definition) is 0. The second kappa shape index (κ2) is 47.9. The largest absolute Gasteiger partial charge is 0.462 e. The molecule has 0 aromatic rings. The molecule has 0 heterocycles. The first-order valence-corrected chi connectivity index (χ1v) is 27.2. The molecule has 6 nitrogen and oxygen atoms in total. The van der Waals surface area contributed by atoms with Gasteiger partial charge in [-0.15, -0.1) is 0 Å². The fraction of sp³-hybridized carbons (Fsp3) is 0.945. The van der Waals surface area contributed by atoms with E-state index in [1.54, 1.807) is 0 Å². The fourth-order valence-electron chi connectivity index (χ4n) is 8.34. The van der Waals surface area contributed by atoms with Gasteiger partial charge >= 0.3 is 17.9 Å². The van der Waals surface area contributed by atoms with Gasteiger partial charge in [0, 0.05) is 19.3 Å². The molecular formula is C55H106O6. The summed E-state index contributed by atoms with van der Waals surface area (Å²) >= 11 is 0. The van der Waals surface area contributed by atoms with E-state index in [0.717, 1.165) is 69.6 Å².